The zero-order valence-corrected chi connectivity index (χ0v) is 16.6. The van der Waals surface area contributed by atoms with Gasteiger partial charge in [-0.15, -0.1) is 10.2 Å². The summed E-state index contributed by atoms with van der Waals surface area (Å²) in [5.74, 6) is 2.42. The molecule has 25 heavy (non-hydrogen) atoms. The molecule has 0 unspecified atom stereocenters. The van der Waals surface area contributed by atoms with E-state index in [0.717, 1.165) is 62.7 Å². The summed E-state index contributed by atoms with van der Waals surface area (Å²) < 4.78 is 1.94. The molecule has 0 aliphatic rings. The second-order valence-corrected chi connectivity index (χ2v) is 6.75. The molecule has 0 bridgehead atoms. The van der Waals surface area contributed by atoms with E-state index in [9.17, 15) is 5.11 Å². The zero-order chi connectivity index (χ0) is 18.7. The Morgan fingerprint density at radius 1 is 1.12 bits per heavy atom. The molecule has 0 amide bonds. The standard InChI is InChI=1S/C18H36N6O/c1-6-9-12-19-17(20-13-16-23-22-15(4)24(16)5)21-14-18(25,10-7-2)11-8-3/h25H,6-14H2,1-5H3,(H2,19,20,21). The van der Waals surface area contributed by atoms with E-state index < -0.39 is 5.60 Å². The van der Waals surface area contributed by atoms with Crippen LogP contribution in [0.3, 0.4) is 0 Å². The highest BCUT2D eigenvalue weighted by molar-refractivity contribution is 5.79. The van der Waals surface area contributed by atoms with Gasteiger partial charge in [0.2, 0.25) is 0 Å². The second-order valence-electron chi connectivity index (χ2n) is 6.75. The van der Waals surface area contributed by atoms with E-state index in [2.05, 4.69) is 46.6 Å². The number of hydrogen-bond acceptors (Lipinski definition) is 4. The van der Waals surface area contributed by atoms with Crippen LogP contribution < -0.4 is 10.6 Å². The maximum absolute atomic E-state index is 10.8. The smallest absolute Gasteiger partial charge is 0.191 e. The van der Waals surface area contributed by atoms with Gasteiger partial charge in [0.25, 0.3) is 0 Å². The van der Waals surface area contributed by atoms with Crippen LogP contribution in [0.25, 0.3) is 0 Å². The van der Waals surface area contributed by atoms with Gasteiger partial charge < -0.3 is 20.3 Å². The third-order valence-electron chi connectivity index (χ3n) is 4.40. The van der Waals surface area contributed by atoms with Crippen molar-refractivity contribution in [3.8, 4) is 0 Å². The first kappa shape index (κ1) is 21.4. The molecule has 1 rings (SSSR count). The van der Waals surface area contributed by atoms with Crippen LogP contribution >= 0.6 is 0 Å². The molecular weight excluding hydrogens is 316 g/mol. The van der Waals surface area contributed by atoms with Crippen molar-refractivity contribution in [3.05, 3.63) is 11.6 Å². The fraction of sp³-hybridized carbons (Fsp3) is 0.833. The molecule has 144 valence electrons. The quantitative estimate of drug-likeness (QED) is 0.323. The Kier molecular flexibility index (Phi) is 9.49. The molecule has 0 aliphatic heterocycles. The Morgan fingerprint density at radius 3 is 2.32 bits per heavy atom. The molecule has 0 radical (unpaired) electrons. The summed E-state index contributed by atoms with van der Waals surface area (Å²) >= 11 is 0. The average molecular weight is 353 g/mol. The monoisotopic (exact) mass is 352 g/mol. The summed E-state index contributed by atoms with van der Waals surface area (Å²) in [4.78, 5) is 4.62. The van der Waals surface area contributed by atoms with Crippen molar-refractivity contribution in [1.29, 1.82) is 0 Å². The van der Waals surface area contributed by atoms with E-state index in [1.165, 1.54) is 0 Å². The number of nitrogens with zero attached hydrogens (tertiary/aromatic N) is 4. The van der Waals surface area contributed by atoms with Crippen LogP contribution in [0, 0.1) is 6.92 Å². The molecule has 0 fully saturated rings. The van der Waals surface area contributed by atoms with Gasteiger partial charge in [0.15, 0.2) is 11.8 Å². The first-order valence-corrected chi connectivity index (χ1v) is 9.55. The fourth-order valence-electron chi connectivity index (χ4n) is 2.78. The molecule has 1 heterocycles. The summed E-state index contributed by atoms with van der Waals surface area (Å²) in [7, 11) is 1.94. The average Bonchev–Trinajstić information content (AvgIpc) is 2.89. The highest BCUT2D eigenvalue weighted by Gasteiger charge is 2.25. The summed E-state index contributed by atoms with van der Waals surface area (Å²) in [5, 5.41) is 25.7. The van der Waals surface area contributed by atoms with Gasteiger partial charge >= 0.3 is 0 Å². The van der Waals surface area contributed by atoms with E-state index in [-0.39, 0.29) is 0 Å². The summed E-state index contributed by atoms with van der Waals surface area (Å²) in [6.07, 6.45) is 5.71. The normalized spacial score (nSPS) is 12.5. The molecule has 0 spiro atoms. The molecule has 7 nitrogen and oxygen atoms in total. The Labute approximate surface area is 152 Å². The number of nitrogens with one attached hydrogen (secondary N) is 2. The molecule has 1 aromatic heterocycles. The van der Waals surface area contributed by atoms with Gasteiger partial charge in [-0.2, -0.15) is 0 Å². The molecule has 3 N–H and O–H groups in total. The predicted molar refractivity (Wildman–Crippen MR) is 103 cm³/mol. The third kappa shape index (κ3) is 7.42. The van der Waals surface area contributed by atoms with Crippen molar-refractivity contribution in [2.24, 2.45) is 12.0 Å². The lowest BCUT2D eigenvalue weighted by Gasteiger charge is -2.28. The van der Waals surface area contributed by atoms with Crippen molar-refractivity contribution in [2.45, 2.75) is 78.4 Å². The lowest BCUT2D eigenvalue weighted by Crippen LogP contribution is -2.47. The molecule has 1 aromatic rings. The maximum atomic E-state index is 10.8. The SMILES string of the molecule is CCCCNC(=NCc1nnc(C)n1C)NCC(O)(CCC)CCC. The third-order valence-corrected chi connectivity index (χ3v) is 4.40. The van der Waals surface area contributed by atoms with Crippen LogP contribution in [0.2, 0.25) is 0 Å². The molecule has 0 atom stereocenters. The maximum Gasteiger partial charge on any atom is 0.191 e. The van der Waals surface area contributed by atoms with Crippen LogP contribution in [0.15, 0.2) is 4.99 Å². The molecule has 0 saturated carbocycles. The second kappa shape index (κ2) is 11.1. The number of aryl methyl sites for hydroxylation is 1. The Bertz CT molecular complexity index is 520. The molecular formula is C18H36N6O. The molecule has 0 saturated heterocycles. The summed E-state index contributed by atoms with van der Waals surface area (Å²) in [5.41, 5.74) is -0.682. The van der Waals surface area contributed by atoms with Crippen LogP contribution in [-0.4, -0.2) is 44.5 Å². The van der Waals surface area contributed by atoms with Crippen molar-refractivity contribution in [1.82, 2.24) is 25.4 Å². The van der Waals surface area contributed by atoms with Crippen molar-refractivity contribution >= 4 is 5.96 Å². The minimum atomic E-state index is -0.682. The first-order valence-electron chi connectivity index (χ1n) is 9.55. The minimum absolute atomic E-state index is 0.457. The van der Waals surface area contributed by atoms with Gasteiger partial charge in [-0.1, -0.05) is 40.0 Å². The number of aromatic nitrogens is 3. The number of aliphatic hydroxyl groups is 1. The fourth-order valence-corrected chi connectivity index (χ4v) is 2.78. The number of aliphatic imine (C=N–C) groups is 1. The number of hydrogen-bond donors (Lipinski definition) is 3. The van der Waals surface area contributed by atoms with Gasteiger partial charge in [0.1, 0.15) is 12.4 Å². The van der Waals surface area contributed by atoms with Gasteiger partial charge in [-0.3, -0.25) is 0 Å². The van der Waals surface area contributed by atoms with Crippen molar-refractivity contribution in [2.75, 3.05) is 13.1 Å². The van der Waals surface area contributed by atoms with Crippen LogP contribution in [-0.2, 0) is 13.6 Å². The van der Waals surface area contributed by atoms with Gasteiger partial charge in [0, 0.05) is 20.1 Å². The highest BCUT2D eigenvalue weighted by atomic mass is 16.3. The van der Waals surface area contributed by atoms with Crippen molar-refractivity contribution < 1.29 is 5.11 Å². The van der Waals surface area contributed by atoms with E-state index in [0.29, 0.717) is 13.1 Å². The highest BCUT2D eigenvalue weighted by Crippen LogP contribution is 2.18. The van der Waals surface area contributed by atoms with Crippen LogP contribution in [0.4, 0.5) is 0 Å². The largest absolute Gasteiger partial charge is 0.388 e. The number of guanidine groups is 1. The van der Waals surface area contributed by atoms with Gasteiger partial charge in [0.05, 0.1) is 5.60 Å². The first-order chi connectivity index (χ1) is 12.0. The Balaban J connectivity index is 2.74. The number of rotatable bonds is 11. The lowest BCUT2D eigenvalue weighted by molar-refractivity contribution is 0.0257. The Morgan fingerprint density at radius 2 is 1.80 bits per heavy atom. The summed E-state index contributed by atoms with van der Waals surface area (Å²) in [6, 6.07) is 0. The van der Waals surface area contributed by atoms with E-state index >= 15 is 0 Å². The van der Waals surface area contributed by atoms with Crippen molar-refractivity contribution in [3.63, 3.8) is 0 Å². The van der Waals surface area contributed by atoms with E-state index in [1.807, 2.05) is 18.5 Å². The Hall–Kier alpha value is -1.63. The summed E-state index contributed by atoms with van der Waals surface area (Å²) in [6.45, 7) is 10.1. The van der Waals surface area contributed by atoms with Gasteiger partial charge in [-0.05, 0) is 26.2 Å². The zero-order valence-electron chi connectivity index (χ0n) is 16.6. The number of unbranched alkanes of at least 4 members (excludes halogenated alkanes) is 1. The molecule has 7 heteroatoms. The lowest BCUT2D eigenvalue weighted by atomic mass is 9.93. The van der Waals surface area contributed by atoms with Crippen LogP contribution in [0.5, 0.6) is 0 Å². The van der Waals surface area contributed by atoms with E-state index in [1.54, 1.807) is 0 Å². The van der Waals surface area contributed by atoms with E-state index in [4.69, 9.17) is 0 Å². The molecule has 0 aliphatic carbocycles. The minimum Gasteiger partial charge on any atom is -0.388 e. The van der Waals surface area contributed by atoms with Crippen LogP contribution in [0.1, 0.15) is 70.9 Å². The van der Waals surface area contributed by atoms with Gasteiger partial charge in [-0.25, -0.2) is 4.99 Å². The molecule has 0 aromatic carbocycles. The topological polar surface area (TPSA) is 87.4 Å². The predicted octanol–water partition coefficient (Wildman–Crippen LogP) is 2.29.